The molecule has 0 bridgehead atoms. The van der Waals surface area contributed by atoms with Crippen molar-refractivity contribution in [1.29, 1.82) is 0 Å². The van der Waals surface area contributed by atoms with Gasteiger partial charge in [-0.2, -0.15) is 0 Å². The number of rotatable bonds is 0. The molecule has 7 heavy (non-hydrogen) atoms. The van der Waals surface area contributed by atoms with Crippen LogP contribution in [-0.2, 0) is 18.6 Å². The molecule has 1 rings (SSSR count). The van der Waals surface area contributed by atoms with Gasteiger partial charge in [0.05, 0.1) is 0 Å². The maximum Gasteiger partial charge on any atom is 0 e. The molecule has 1 heterocycles. The van der Waals surface area contributed by atoms with Gasteiger partial charge in [-0.05, 0) is 12.2 Å². The SMILES string of the molecule is Cc1n[c-]n[nH]1.[HH].[V]. The van der Waals surface area contributed by atoms with E-state index in [1.165, 1.54) is 0 Å². The molecule has 0 aliphatic heterocycles. The molecule has 1 aromatic heterocycles. The average Bonchev–Trinajstić information content (AvgIpc) is 1.86. The Morgan fingerprint density at radius 2 is 2.57 bits per heavy atom. The molecule has 39 valence electrons. The van der Waals surface area contributed by atoms with Crippen LogP contribution in [0.1, 0.15) is 7.25 Å². The summed E-state index contributed by atoms with van der Waals surface area (Å²) < 4.78 is 0. The second-order valence-corrected chi connectivity index (χ2v) is 1.02. The number of hydrogen-bond donors (Lipinski definition) is 1. The quantitative estimate of drug-likeness (QED) is 0.514. The molecule has 0 saturated carbocycles. The standard InChI is InChI=1S/C3H4N3.V.H2/c1-3-4-2-5-6-3;;/h1H3,(H,4,5,6);;1H/q-1;;. The van der Waals surface area contributed by atoms with Gasteiger partial charge in [-0.15, -0.1) is 0 Å². The molecule has 4 heteroatoms. The summed E-state index contributed by atoms with van der Waals surface area (Å²) in [6.45, 7) is 1.82. The van der Waals surface area contributed by atoms with Crippen molar-refractivity contribution in [2.75, 3.05) is 0 Å². The van der Waals surface area contributed by atoms with Crippen molar-refractivity contribution in [3.63, 3.8) is 0 Å². The minimum atomic E-state index is 0. The van der Waals surface area contributed by atoms with Crippen LogP contribution in [0, 0.1) is 13.3 Å². The summed E-state index contributed by atoms with van der Waals surface area (Å²) in [6, 6.07) is 0. The maximum absolute atomic E-state index is 3.62. The van der Waals surface area contributed by atoms with Crippen LogP contribution in [0.25, 0.3) is 0 Å². The van der Waals surface area contributed by atoms with Crippen LogP contribution in [0.4, 0.5) is 0 Å². The Kier molecular flexibility index (Phi) is 2.71. The zero-order valence-corrected chi connectivity index (χ0v) is 5.24. The molecule has 0 aliphatic rings. The van der Waals surface area contributed by atoms with Crippen molar-refractivity contribution >= 4 is 0 Å². The summed E-state index contributed by atoms with van der Waals surface area (Å²) in [5.41, 5.74) is 0. The molecule has 1 aromatic rings. The van der Waals surface area contributed by atoms with Crippen molar-refractivity contribution in [1.82, 2.24) is 15.2 Å². The van der Waals surface area contributed by atoms with E-state index in [0.717, 1.165) is 5.82 Å². The molecule has 0 fully saturated rings. The summed E-state index contributed by atoms with van der Waals surface area (Å²) in [5.74, 6) is 0.801. The van der Waals surface area contributed by atoms with E-state index in [4.69, 9.17) is 0 Å². The normalized spacial score (nSPS) is 7.57. The summed E-state index contributed by atoms with van der Waals surface area (Å²) in [6.07, 6.45) is 2.37. The van der Waals surface area contributed by atoms with Gasteiger partial charge < -0.3 is 10.1 Å². The zero-order valence-electron chi connectivity index (χ0n) is 3.84. The van der Waals surface area contributed by atoms with Crippen molar-refractivity contribution < 1.29 is 20.0 Å². The Hall–Kier alpha value is -0.276. The largest absolute Gasteiger partial charge is 0.418 e. The van der Waals surface area contributed by atoms with E-state index >= 15 is 0 Å². The Bertz CT molecular complexity index is 118. The van der Waals surface area contributed by atoms with Crippen LogP contribution in [0.3, 0.4) is 0 Å². The first-order valence-electron chi connectivity index (χ1n) is 1.64. The van der Waals surface area contributed by atoms with Gasteiger partial charge in [0.25, 0.3) is 0 Å². The smallest absolute Gasteiger partial charge is 0 e. The van der Waals surface area contributed by atoms with Gasteiger partial charge in [0.1, 0.15) is 0 Å². The van der Waals surface area contributed by atoms with Gasteiger partial charge >= 0.3 is 0 Å². The van der Waals surface area contributed by atoms with Gasteiger partial charge in [-0.1, -0.05) is 6.92 Å². The van der Waals surface area contributed by atoms with E-state index < -0.39 is 0 Å². The first-order valence-corrected chi connectivity index (χ1v) is 1.64. The van der Waals surface area contributed by atoms with Crippen molar-refractivity contribution in [2.24, 2.45) is 0 Å². The van der Waals surface area contributed by atoms with Crippen LogP contribution in [-0.4, -0.2) is 15.2 Å². The van der Waals surface area contributed by atoms with E-state index in [1.54, 1.807) is 0 Å². The van der Waals surface area contributed by atoms with Crippen LogP contribution in [0.2, 0.25) is 0 Å². The third-order valence-electron chi connectivity index (χ3n) is 0.485. The van der Waals surface area contributed by atoms with Crippen molar-refractivity contribution in [2.45, 2.75) is 6.92 Å². The minimum absolute atomic E-state index is 0. The summed E-state index contributed by atoms with van der Waals surface area (Å²) in [7, 11) is 0. The molecule has 0 aromatic carbocycles. The first kappa shape index (κ1) is 6.72. The van der Waals surface area contributed by atoms with E-state index in [1.807, 2.05) is 6.92 Å². The molecular formula is C3H6N3V-. The minimum Gasteiger partial charge on any atom is -0.418 e. The van der Waals surface area contributed by atoms with Gasteiger partial charge in [-0.3, -0.25) is 5.10 Å². The Morgan fingerprint density at radius 3 is 2.71 bits per heavy atom. The molecule has 1 N–H and O–H groups in total. The fourth-order valence-electron chi connectivity index (χ4n) is 0.231. The third kappa shape index (κ3) is 1.76. The number of nitrogens with one attached hydrogen (secondary N) is 1. The monoisotopic (exact) mass is 135 g/mol. The number of H-pyrrole nitrogens is 1. The van der Waals surface area contributed by atoms with Crippen LogP contribution in [0.15, 0.2) is 0 Å². The molecule has 0 spiro atoms. The number of hydrogen-bond acceptors (Lipinski definition) is 2. The van der Waals surface area contributed by atoms with Crippen molar-refractivity contribution in [3.8, 4) is 0 Å². The molecule has 3 nitrogen and oxygen atoms in total. The predicted octanol–water partition coefficient (Wildman–Crippen LogP) is 0.157. The van der Waals surface area contributed by atoms with E-state index in [-0.39, 0.29) is 20.0 Å². The Balaban J connectivity index is 0. The fourth-order valence-corrected chi connectivity index (χ4v) is 0.231. The predicted molar refractivity (Wildman–Crippen MR) is 22.1 cm³/mol. The summed E-state index contributed by atoms with van der Waals surface area (Å²) >= 11 is 0. The second-order valence-electron chi connectivity index (χ2n) is 1.02. The molecule has 0 saturated heterocycles. The van der Waals surface area contributed by atoms with Crippen LogP contribution >= 0.6 is 0 Å². The van der Waals surface area contributed by atoms with E-state index in [2.05, 4.69) is 21.5 Å². The van der Waals surface area contributed by atoms with Gasteiger partial charge in [-0.25, -0.2) is 0 Å². The second kappa shape index (κ2) is 2.83. The summed E-state index contributed by atoms with van der Waals surface area (Å²) in [5, 5.41) is 6.04. The average molecular weight is 135 g/mol. The third-order valence-corrected chi connectivity index (χ3v) is 0.485. The number of aromatic amines is 1. The Labute approximate surface area is 54.9 Å². The molecule has 1 radical (unpaired) electrons. The number of aryl methyl sites for hydroxylation is 1. The molecule has 0 unspecified atom stereocenters. The van der Waals surface area contributed by atoms with Gasteiger partial charge in [0, 0.05) is 20.0 Å². The number of nitrogens with zero attached hydrogens (tertiary/aromatic N) is 2. The number of aromatic nitrogens is 3. The first-order chi connectivity index (χ1) is 2.89. The molecule has 0 atom stereocenters. The van der Waals surface area contributed by atoms with Crippen LogP contribution in [0.5, 0.6) is 0 Å². The van der Waals surface area contributed by atoms with Gasteiger partial charge in [0.15, 0.2) is 0 Å². The van der Waals surface area contributed by atoms with Crippen molar-refractivity contribution in [3.05, 3.63) is 12.2 Å². The molecule has 0 aliphatic carbocycles. The molecule has 0 amide bonds. The fraction of sp³-hybridized carbons (Fsp3) is 0.333. The van der Waals surface area contributed by atoms with E-state index in [0.29, 0.717) is 0 Å². The summed E-state index contributed by atoms with van der Waals surface area (Å²) in [4.78, 5) is 3.62. The zero-order chi connectivity index (χ0) is 4.41. The maximum atomic E-state index is 3.62. The topological polar surface area (TPSA) is 41.6 Å². The molecular weight excluding hydrogens is 129 g/mol. The van der Waals surface area contributed by atoms with E-state index in [9.17, 15) is 0 Å². The van der Waals surface area contributed by atoms with Gasteiger partial charge in [0.2, 0.25) is 0 Å². The Morgan fingerprint density at radius 1 is 1.86 bits per heavy atom. The van der Waals surface area contributed by atoms with Crippen LogP contribution < -0.4 is 0 Å².